The second kappa shape index (κ2) is 5.92. The van der Waals surface area contributed by atoms with Gasteiger partial charge in [-0.25, -0.2) is 0 Å². The molecule has 0 spiro atoms. The summed E-state index contributed by atoms with van der Waals surface area (Å²) in [5.74, 6) is 0. The van der Waals surface area contributed by atoms with Crippen LogP contribution in [-0.2, 0) is 0 Å². The van der Waals surface area contributed by atoms with Gasteiger partial charge in [0, 0.05) is 0 Å². The van der Waals surface area contributed by atoms with Gasteiger partial charge in [0.05, 0.1) is 6.10 Å². The van der Waals surface area contributed by atoms with Crippen molar-refractivity contribution < 1.29 is 5.11 Å². The zero-order valence-corrected chi connectivity index (χ0v) is 9.92. The molecule has 1 N–H and O–H groups in total. The van der Waals surface area contributed by atoms with E-state index in [1.807, 2.05) is 0 Å². The van der Waals surface area contributed by atoms with Gasteiger partial charge < -0.3 is 5.11 Å². The van der Waals surface area contributed by atoms with Gasteiger partial charge in [-0.05, 0) is 51.5 Å². The summed E-state index contributed by atoms with van der Waals surface area (Å²) >= 11 is 0. The van der Waals surface area contributed by atoms with E-state index < -0.39 is 0 Å². The Morgan fingerprint density at radius 3 is 2.47 bits per heavy atom. The molecule has 1 atom stereocenters. The van der Waals surface area contributed by atoms with Crippen molar-refractivity contribution in [2.45, 2.75) is 52.1 Å². The van der Waals surface area contributed by atoms with E-state index in [0.29, 0.717) is 0 Å². The van der Waals surface area contributed by atoms with Crippen LogP contribution in [0.1, 0.15) is 46.0 Å². The molecule has 0 bridgehead atoms. The van der Waals surface area contributed by atoms with Gasteiger partial charge in [-0.3, -0.25) is 0 Å². The molecule has 1 heteroatoms. The highest BCUT2D eigenvalue weighted by Gasteiger charge is 2.09. The molecule has 0 amide bonds. The largest absolute Gasteiger partial charge is 0.388 e. The number of allylic oxidation sites excluding steroid dienone is 3. The number of hydrogen-bond acceptors (Lipinski definition) is 1. The summed E-state index contributed by atoms with van der Waals surface area (Å²) in [5.41, 5.74) is 3.69. The Bertz CT molecular complexity index is 284. The molecular weight excluding hydrogens is 184 g/mol. The van der Waals surface area contributed by atoms with E-state index in [-0.39, 0.29) is 6.10 Å². The zero-order chi connectivity index (χ0) is 11.3. The molecule has 84 valence electrons. The second-order valence-electron chi connectivity index (χ2n) is 4.56. The topological polar surface area (TPSA) is 20.2 Å². The van der Waals surface area contributed by atoms with Crippen LogP contribution >= 0.6 is 0 Å². The molecule has 1 unspecified atom stereocenters. The van der Waals surface area contributed by atoms with Crippen LogP contribution in [0.15, 0.2) is 35.5 Å². The van der Waals surface area contributed by atoms with E-state index in [9.17, 15) is 5.11 Å². The minimum absolute atomic E-state index is 0.354. The fourth-order valence-electron chi connectivity index (χ4n) is 1.85. The summed E-state index contributed by atoms with van der Waals surface area (Å²) in [6.07, 6.45) is 9.05. The van der Waals surface area contributed by atoms with Crippen LogP contribution in [0, 0.1) is 0 Å². The molecule has 0 heterocycles. The maximum atomic E-state index is 9.87. The molecule has 0 aromatic carbocycles. The fourth-order valence-corrected chi connectivity index (χ4v) is 1.85. The highest BCUT2D eigenvalue weighted by Crippen LogP contribution is 2.19. The molecule has 0 aromatic rings. The van der Waals surface area contributed by atoms with Crippen molar-refractivity contribution in [3.8, 4) is 0 Å². The average Bonchev–Trinajstić information content (AvgIpc) is 2.18. The Morgan fingerprint density at radius 2 is 1.73 bits per heavy atom. The maximum absolute atomic E-state index is 9.87. The van der Waals surface area contributed by atoms with Crippen molar-refractivity contribution >= 4 is 0 Å². The number of aliphatic hydroxyl groups is 1. The average molecular weight is 206 g/mol. The van der Waals surface area contributed by atoms with E-state index >= 15 is 0 Å². The first-order chi connectivity index (χ1) is 7.09. The Hall–Kier alpha value is -0.820. The van der Waals surface area contributed by atoms with Gasteiger partial charge in [-0.2, -0.15) is 0 Å². The molecule has 1 aliphatic rings. The van der Waals surface area contributed by atoms with Gasteiger partial charge in [0.2, 0.25) is 0 Å². The molecule has 0 saturated heterocycles. The summed E-state index contributed by atoms with van der Waals surface area (Å²) in [7, 11) is 0. The van der Waals surface area contributed by atoms with Crippen LogP contribution < -0.4 is 0 Å². The summed E-state index contributed by atoms with van der Waals surface area (Å²) in [6, 6.07) is 0. The van der Waals surface area contributed by atoms with E-state index in [4.69, 9.17) is 0 Å². The zero-order valence-electron chi connectivity index (χ0n) is 9.92. The third kappa shape index (κ3) is 4.48. The number of rotatable bonds is 0. The van der Waals surface area contributed by atoms with Gasteiger partial charge in [-0.15, -0.1) is 0 Å². The molecule has 1 nitrogen and oxygen atoms in total. The highest BCUT2D eigenvalue weighted by molar-refractivity contribution is 5.13. The van der Waals surface area contributed by atoms with Crippen LogP contribution in [0.4, 0.5) is 0 Å². The van der Waals surface area contributed by atoms with Crippen LogP contribution in [-0.4, -0.2) is 11.2 Å². The maximum Gasteiger partial charge on any atom is 0.0784 e. The van der Waals surface area contributed by atoms with Crippen LogP contribution in [0.2, 0.25) is 0 Å². The Morgan fingerprint density at radius 1 is 1.13 bits per heavy atom. The second-order valence-corrected chi connectivity index (χ2v) is 4.56. The van der Waals surface area contributed by atoms with Crippen molar-refractivity contribution in [1.82, 2.24) is 0 Å². The van der Waals surface area contributed by atoms with Crippen molar-refractivity contribution in [2.75, 3.05) is 0 Å². The van der Waals surface area contributed by atoms with E-state index in [1.165, 1.54) is 11.1 Å². The predicted octanol–water partition coefficient (Wildman–Crippen LogP) is 3.76. The van der Waals surface area contributed by atoms with Crippen LogP contribution in [0.3, 0.4) is 0 Å². The van der Waals surface area contributed by atoms with Crippen molar-refractivity contribution in [1.29, 1.82) is 0 Å². The van der Waals surface area contributed by atoms with Gasteiger partial charge in [0.25, 0.3) is 0 Å². The lowest BCUT2D eigenvalue weighted by Gasteiger charge is -2.13. The van der Waals surface area contributed by atoms with Gasteiger partial charge in [0.15, 0.2) is 0 Å². The smallest absolute Gasteiger partial charge is 0.0784 e. The minimum Gasteiger partial charge on any atom is -0.388 e. The minimum atomic E-state index is -0.354. The highest BCUT2D eigenvalue weighted by atomic mass is 16.3. The first-order valence-corrected chi connectivity index (χ1v) is 5.76. The van der Waals surface area contributed by atoms with E-state index in [1.54, 1.807) is 0 Å². The lowest BCUT2D eigenvalue weighted by Crippen LogP contribution is -2.09. The monoisotopic (exact) mass is 206 g/mol. The van der Waals surface area contributed by atoms with Crippen LogP contribution in [0.25, 0.3) is 0 Å². The lowest BCUT2D eigenvalue weighted by molar-refractivity contribution is 0.207. The van der Waals surface area contributed by atoms with E-state index in [0.717, 1.165) is 37.7 Å². The van der Waals surface area contributed by atoms with Gasteiger partial charge in [0.1, 0.15) is 0 Å². The summed E-state index contributed by atoms with van der Waals surface area (Å²) in [4.78, 5) is 0. The van der Waals surface area contributed by atoms with Gasteiger partial charge in [-0.1, -0.05) is 29.9 Å². The predicted molar refractivity (Wildman–Crippen MR) is 65.7 cm³/mol. The molecular formula is C14H22O. The number of aliphatic hydroxyl groups excluding tert-OH is 1. The first-order valence-electron chi connectivity index (χ1n) is 5.76. The molecule has 1 rings (SSSR count). The van der Waals surface area contributed by atoms with Crippen molar-refractivity contribution in [3.05, 3.63) is 35.5 Å². The molecule has 0 saturated carbocycles. The van der Waals surface area contributed by atoms with E-state index in [2.05, 4.69) is 32.6 Å². The molecule has 1 aliphatic carbocycles. The van der Waals surface area contributed by atoms with Gasteiger partial charge >= 0.3 is 0 Å². The summed E-state index contributed by atoms with van der Waals surface area (Å²) < 4.78 is 0. The third-order valence-corrected chi connectivity index (χ3v) is 2.98. The number of hydrogen-bond donors (Lipinski definition) is 1. The fraction of sp³-hybridized carbons (Fsp3) is 0.571. The van der Waals surface area contributed by atoms with Crippen molar-refractivity contribution in [2.24, 2.45) is 0 Å². The lowest BCUT2D eigenvalue weighted by atomic mass is 10.00. The molecule has 0 aliphatic heterocycles. The Kier molecular flexibility index (Phi) is 4.83. The summed E-state index contributed by atoms with van der Waals surface area (Å²) in [5, 5.41) is 9.87. The first kappa shape index (κ1) is 12.3. The standard InChI is InChI=1S/C14H22O/c1-11-6-4-8-12(2)10-14(15)13(3)9-5-7-11/h7-8,14-15H,3-6,9-10H2,1-2H3/b11-7+,12-8+. The molecule has 15 heavy (non-hydrogen) atoms. The molecule has 0 aromatic heterocycles. The molecule has 0 fully saturated rings. The Balaban J connectivity index is 2.70. The van der Waals surface area contributed by atoms with Crippen LogP contribution in [0.5, 0.6) is 0 Å². The summed E-state index contributed by atoms with van der Waals surface area (Å²) in [6.45, 7) is 8.22. The third-order valence-electron chi connectivity index (χ3n) is 2.98. The molecule has 0 radical (unpaired) electrons. The van der Waals surface area contributed by atoms with Crippen molar-refractivity contribution in [3.63, 3.8) is 0 Å². The normalized spacial score (nSPS) is 32.2. The SMILES string of the molecule is C=C1CC/C=C(\C)CC/C=C(\C)CC1O. The Labute approximate surface area is 93.2 Å². The quantitative estimate of drug-likeness (QED) is 0.598.